The molecule has 8 heteroatoms. The van der Waals surface area contributed by atoms with Gasteiger partial charge in [0.15, 0.2) is 12.4 Å². The molecule has 3 aromatic rings. The number of ether oxygens (including phenoxy) is 1. The van der Waals surface area contributed by atoms with Crippen molar-refractivity contribution in [3.05, 3.63) is 81.0 Å². The molecule has 8 nitrogen and oxygen atoms in total. The van der Waals surface area contributed by atoms with Crippen LogP contribution in [-0.2, 0) is 4.79 Å². The molecule has 0 aliphatic carbocycles. The molecule has 0 atom stereocenters. The van der Waals surface area contributed by atoms with Crippen molar-refractivity contribution in [2.24, 2.45) is 0 Å². The van der Waals surface area contributed by atoms with Gasteiger partial charge in [0.25, 0.3) is 5.91 Å². The Balaban J connectivity index is 1.87. The molecule has 0 radical (unpaired) electrons. The van der Waals surface area contributed by atoms with Crippen LogP contribution in [-0.4, -0.2) is 22.0 Å². The zero-order valence-corrected chi connectivity index (χ0v) is 16.8. The van der Waals surface area contributed by atoms with Crippen LogP contribution in [0.2, 0.25) is 0 Å². The number of nitrogens with zero attached hydrogens (tertiary/aromatic N) is 3. The number of carbonyl (C=O) groups is 1. The zero-order chi connectivity index (χ0) is 21.8. The molecule has 3 rings (SSSR count). The van der Waals surface area contributed by atoms with Crippen LogP contribution >= 0.6 is 0 Å². The fourth-order valence-corrected chi connectivity index (χ4v) is 3.16. The maximum Gasteiger partial charge on any atom is 0.311 e. The normalized spacial score (nSPS) is 10.3. The van der Waals surface area contributed by atoms with Gasteiger partial charge in [-0.2, -0.15) is 5.26 Å². The molecule has 2 aromatic carbocycles. The van der Waals surface area contributed by atoms with E-state index < -0.39 is 17.4 Å². The van der Waals surface area contributed by atoms with Gasteiger partial charge in [0.05, 0.1) is 10.5 Å². The number of aromatic nitrogens is 1. The third kappa shape index (κ3) is 4.00. The Hall–Kier alpha value is -4.12. The molecule has 0 fully saturated rings. The number of benzene rings is 2. The van der Waals surface area contributed by atoms with E-state index in [-0.39, 0.29) is 11.4 Å². The summed E-state index contributed by atoms with van der Waals surface area (Å²) >= 11 is 0. The van der Waals surface area contributed by atoms with Gasteiger partial charge < -0.3 is 10.1 Å². The molecule has 1 heterocycles. The van der Waals surface area contributed by atoms with E-state index in [0.29, 0.717) is 16.9 Å². The van der Waals surface area contributed by atoms with Gasteiger partial charge in [-0.15, -0.1) is 0 Å². The number of hydrogen-bond acceptors (Lipinski definition) is 5. The fourth-order valence-electron chi connectivity index (χ4n) is 3.16. The van der Waals surface area contributed by atoms with Crippen molar-refractivity contribution < 1.29 is 14.5 Å². The molecule has 30 heavy (non-hydrogen) atoms. The van der Waals surface area contributed by atoms with Crippen LogP contribution in [0, 0.1) is 42.2 Å². The SMILES string of the molecule is Cc1ccc(OCC(=O)Nc2c(C#N)c(C)c(C)n2-c2ccccc2)c([N+](=O)[O-])c1. The van der Waals surface area contributed by atoms with Gasteiger partial charge in [-0.1, -0.05) is 24.3 Å². The highest BCUT2D eigenvalue weighted by Crippen LogP contribution is 2.30. The smallest absolute Gasteiger partial charge is 0.311 e. The summed E-state index contributed by atoms with van der Waals surface area (Å²) in [4.78, 5) is 23.2. The van der Waals surface area contributed by atoms with Crippen molar-refractivity contribution >= 4 is 17.4 Å². The number of nitro groups is 1. The van der Waals surface area contributed by atoms with Gasteiger partial charge in [-0.3, -0.25) is 19.5 Å². The number of hydrogen-bond donors (Lipinski definition) is 1. The van der Waals surface area contributed by atoms with E-state index in [0.717, 1.165) is 16.9 Å². The van der Waals surface area contributed by atoms with Crippen molar-refractivity contribution in [2.45, 2.75) is 20.8 Å². The lowest BCUT2D eigenvalue weighted by molar-refractivity contribution is -0.385. The van der Waals surface area contributed by atoms with Gasteiger partial charge in [-0.05, 0) is 50.1 Å². The van der Waals surface area contributed by atoms with Crippen molar-refractivity contribution in [3.8, 4) is 17.5 Å². The average molecular weight is 404 g/mol. The summed E-state index contributed by atoms with van der Waals surface area (Å²) < 4.78 is 7.19. The Morgan fingerprint density at radius 1 is 1.20 bits per heavy atom. The first-order valence-corrected chi connectivity index (χ1v) is 9.18. The first-order valence-electron chi connectivity index (χ1n) is 9.18. The molecule has 152 valence electrons. The predicted molar refractivity (Wildman–Crippen MR) is 112 cm³/mol. The lowest BCUT2D eigenvalue weighted by atomic mass is 10.2. The Bertz CT molecular complexity index is 1160. The molecular weight excluding hydrogens is 384 g/mol. The minimum absolute atomic E-state index is 0.00654. The van der Waals surface area contributed by atoms with Crippen LogP contribution in [0.25, 0.3) is 5.69 Å². The Labute approximate surface area is 173 Å². The number of rotatable bonds is 6. The fraction of sp³-hybridized carbons (Fsp3) is 0.182. The molecule has 1 N–H and O–H groups in total. The average Bonchev–Trinajstić information content (AvgIpc) is 2.96. The summed E-state index contributed by atoms with van der Waals surface area (Å²) in [6, 6.07) is 16.0. The summed E-state index contributed by atoms with van der Waals surface area (Å²) in [6.45, 7) is 4.97. The topological polar surface area (TPSA) is 110 Å². The summed E-state index contributed by atoms with van der Waals surface area (Å²) in [6.07, 6.45) is 0. The molecule has 0 saturated heterocycles. The van der Waals surface area contributed by atoms with Gasteiger partial charge in [0.2, 0.25) is 0 Å². The second-order valence-corrected chi connectivity index (χ2v) is 6.78. The van der Waals surface area contributed by atoms with Crippen LogP contribution < -0.4 is 10.1 Å². The van der Waals surface area contributed by atoms with Gasteiger partial charge in [-0.25, -0.2) is 0 Å². The lowest BCUT2D eigenvalue weighted by Crippen LogP contribution is -2.22. The summed E-state index contributed by atoms with van der Waals surface area (Å²) in [5, 5.41) is 23.6. The van der Waals surface area contributed by atoms with Crippen LogP contribution in [0.15, 0.2) is 48.5 Å². The molecule has 0 saturated carbocycles. The number of anilines is 1. The number of carbonyl (C=O) groups excluding carboxylic acids is 1. The molecule has 0 unspecified atom stereocenters. The number of para-hydroxylation sites is 1. The molecule has 1 amide bonds. The summed E-state index contributed by atoms with van der Waals surface area (Å²) in [7, 11) is 0. The highest BCUT2D eigenvalue weighted by Gasteiger charge is 2.22. The first-order chi connectivity index (χ1) is 14.3. The van der Waals surface area contributed by atoms with E-state index in [1.165, 1.54) is 12.1 Å². The van der Waals surface area contributed by atoms with E-state index in [2.05, 4.69) is 11.4 Å². The summed E-state index contributed by atoms with van der Waals surface area (Å²) in [5.74, 6) is -0.186. The van der Waals surface area contributed by atoms with E-state index in [9.17, 15) is 20.2 Å². The van der Waals surface area contributed by atoms with Crippen molar-refractivity contribution in [3.63, 3.8) is 0 Å². The molecular formula is C22H20N4O4. The van der Waals surface area contributed by atoms with E-state index in [1.807, 2.05) is 44.2 Å². The number of nitriles is 1. The van der Waals surface area contributed by atoms with Crippen molar-refractivity contribution in [1.82, 2.24) is 4.57 Å². The van der Waals surface area contributed by atoms with E-state index >= 15 is 0 Å². The van der Waals surface area contributed by atoms with E-state index in [1.54, 1.807) is 17.6 Å². The van der Waals surface area contributed by atoms with Crippen LogP contribution in [0.5, 0.6) is 5.75 Å². The van der Waals surface area contributed by atoms with Crippen molar-refractivity contribution in [1.29, 1.82) is 5.26 Å². The number of nitrogens with one attached hydrogen (secondary N) is 1. The Morgan fingerprint density at radius 3 is 2.53 bits per heavy atom. The second-order valence-electron chi connectivity index (χ2n) is 6.78. The number of aryl methyl sites for hydroxylation is 1. The molecule has 0 spiro atoms. The van der Waals surface area contributed by atoms with Gasteiger partial charge >= 0.3 is 5.69 Å². The standard InChI is InChI=1S/C22H20N4O4/c1-14-9-10-20(19(11-14)26(28)29)30-13-21(27)24-22-18(12-23)15(2)16(3)25(22)17-7-5-4-6-8-17/h4-11H,13H2,1-3H3,(H,24,27). The third-order valence-electron chi connectivity index (χ3n) is 4.77. The minimum Gasteiger partial charge on any atom is -0.477 e. The second kappa shape index (κ2) is 8.49. The quantitative estimate of drug-likeness (QED) is 0.489. The monoisotopic (exact) mass is 404 g/mol. The molecule has 0 aliphatic heterocycles. The molecule has 1 aromatic heterocycles. The van der Waals surface area contributed by atoms with Gasteiger partial charge in [0.1, 0.15) is 11.9 Å². The van der Waals surface area contributed by atoms with Crippen molar-refractivity contribution in [2.75, 3.05) is 11.9 Å². The minimum atomic E-state index is -0.554. The number of amides is 1. The Morgan fingerprint density at radius 2 is 1.90 bits per heavy atom. The van der Waals surface area contributed by atoms with Crippen LogP contribution in [0.4, 0.5) is 11.5 Å². The Kier molecular flexibility index (Phi) is 5.83. The molecule has 0 aliphatic rings. The largest absolute Gasteiger partial charge is 0.477 e. The van der Waals surface area contributed by atoms with Gasteiger partial charge in [0, 0.05) is 17.4 Å². The highest BCUT2D eigenvalue weighted by atomic mass is 16.6. The third-order valence-corrected chi connectivity index (χ3v) is 4.77. The number of nitro benzene ring substituents is 1. The van der Waals surface area contributed by atoms with Crippen LogP contribution in [0.1, 0.15) is 22.4 Å². The van der Waals surface area contributed by atoms with Crippen LogP contribution in [0.3, 0.4) is 0 Å². The predicted octanol–water partition coefficient (Wildman–Crippen LogP) is 4.20. The molecule has 0 bridgehead atoms. The first kappa shape index (κ1) is 20.6. The highest BCUT2D eigenvalue weighted by molar-refractivity contribution is 5.93. The maximum absolute atomic E-state index is 12.6. The summed E-state index contributed by atoms with van der Waals surface area (Å²) in [5.41, 5.74) is 3.23. The zero-order valence-electron chi connectivity index (χ0n) is 16.8. The van der Waals surface area contributed by atoms with E-state index in [4.69, 9.17) is 4.74 Å². The maximum atomic E-state index is 12.6. The lowest BCUT2D eigenvalue weighted by Gasteiger charge is -2.13.